The Morgan fingerprint density at radius 2 is 1.79 bits per heavy atom. The lowest BCUT2D eigenvalue weighted by Crippen LogP contribution is -2.44. The molecule has 0 fully saturated rings. The molecular formula is C25H42N2O5S. The monoisotopic (exact) mass is 482 g/mol. The van der Waals surface area contributed by atoms with Crippen molar-refractivity contribution in [2.45, 2.75) is 75.7 Å². The number of thioether (sulfide) groups is 1. The fourth-order valence-electron chi connectivity index (χ4n) is 2.77. The minimum absolute atomic E-state index is 0.0813. The summed E-state index contributed by atoms with van der Waals surface area (Å²) in [6.07, 6.45) is 22.9. The number of allylic oxidation sites excluding steroid dienone is 7. The second kappa shape index (κ2) is 21.9. The van der Waals surface area contributed by atoms with Gasteiger partial charge in [0.05, 0.1) is 12.1 Å². The van der Waals surface area contributed by atoms with Crippen molar-refractivity contribution >= 4 is 23.6 Å². The van der Waals surface area contributed by atoms with Crippen LogP contribution in [0.3, 0.4) is 0 Å². The van der Waals surface area contributed by atoms with Crippen molar-refractivity contribution in [1.82, 2.24) is 5.32 Å². The van der Waals surface area contributed by atoms with Crippen LogP contribution in [0.15, 0.2) is 48.6 Å². The van der Waals surface area contributed by atoms with Gasteiger partial charge in [-0.15, -0.1) is 11.8 Å². The van der Waals surface area contributed by atoms with E-state index in [0.29, 0.717) is 19.3 Å². The van der Waals surface area contributed by atoms with Gasteiger partial charge in [-0.1, -0.05) is 68.4 Å². The second-order valence-electron chi connectivity index (χ2n) is 7.70. The first-order chi connectivity index (χ1) is 15.9. The summed E-state index contributed by atoms with van der Waals surface area (Å²) in [6, 6.07) is -0.872. The summed E-state index contributed by atoms with van der Waals surface area (Å²) in [6.45, 7) is 1.81. The molecule has 0 rings (SSSR count). The summed E-state index contributed by atoms with van der Waals surface area (Å²) in [5.41, 5.74) is 5.85. The van der Waals surface area contributed by atoms with E-state index in [9.17, 15) is 14.7 Å². The number of aliphatic hydroxyl groups excluding tert-OH is 2. The molecule has 3 atom stereocenters. The van der Waals surface area contributed by atoms with Gasteiger partial charge in [0.25, 0.3) is 0 Å². The van der Waals surface area contributed by atoms with Crippen molar-refractivity contribution in [3.8, 4) is 0 Å². The molecule has 1 amide bonds. The Balaban J connectivity index is 4.62. The largest absolute Gasteiger partial charge is 0.480 e. The Hall–Kier alpha value is -1.87. The lowest BCUT2D eigenvalue weighted by Gasteiger charge is -2.21. The van der Waals surface area contributed by atoms with Gasteiger partial charge in [-0.05, 0) is 38.5 Å². The first kappa shape index (κ1) is 31.1. The second-order valence-corrected chi connectivity index (χ2v) is 8.91. The maximum Gasteiger partial charge on any atom is 0.322 e. The number of hydrogen-bond acceptors (Lipinski definition) is 6. The fourth-order valence-corrected chi connectivity index (χ4v) is 3.91. The lowest BCUT2D eigenvalue weighted by molar-refractivity contribution is -0.138. The third kappa shape index (κ3) is 19.3. The maximum atomic E-state index is 11.9. The van der Waals surface area contributed by atoms with E-state index in [4.69, 9.17) is 15.9 Å². The average molecular weight is 483 g/mol. The molecule has 0 saturated carbocycles. The zero-order chi connectivity index (χ0) is 24.7. The molecule has 188 valence electrons. The van der Waals surface area contributed by atoms with E-state index in [1.165, 1.54) is 31.0 Å². The third-order valence-electron chi connectivity index (χ3n) is 4.69. The molecule has 0 aliphatic rings. The summed E-state index contributed by atoms with van der Waals surface area (Å²) in [4.78, 5) is 22.4. The molecule has 0 aliphatic carbocycles. The van der Waals surface area contributed by atoms with Gasteiger partial charge in [-0.3, -0.25) is 9.59 Å². The molecule has 0 aromatic carbocycles. The highest BCUT2D eigenvalue weighted by Gasteiger charge is 2.20. The Labute approximate surface area is 202 Å². The van der Waals surface area contributed by atoms with Gasteiger partial charge < -0.3 is 26.4 Å². The smallest absolute Gasteiger partial charge is 0.322 e. The van der Waals surface area contributed by atoms with Crippen LogP contribution >= 0.6 is 11.8 Å². The van der Waals surface area contributed by atoms with Gasteiger partial charge in [-0.2, -0.15) is 0 Å². The van der Waals surface area contributed by atoms with Crippen LogP contribution in [0.4, 0.5) is 0 Å². The highest BCUT2D eigenvalue weighted by Crippen LogP contribution is 2.21. The number of unbranched alkanes of at least 4 members (excludes halogenated alkanes) is 4. The molecule has 0 aromatic rings. The fraction of sp³-hybridized carbons (Fsp3) is 0.600. The van der Waals surface area contributed by atoms with Crippen molar-refractivity contribution < 1.29 is 24.9 Å². The normalized spacial score (nSPS) is 15.0. The van der Waals surface area contributed by atoms with Crippen molar-refractivity contribution in [3.63, 3.8) is 0 Å². The molecule has 6 N–H and O–H groups in total. The molecule has 0 bridgehead atoms. The lowest BCUT2D eigenvalue weighted by atomic mass is 10.1. The van der Waals surface area contributed by atoms with Crippen LogP contribution < -0.4 is 11.1 Å². The van der Waals surface area contributed by atoms with Gasteiger partial charge in [-0.25, -0.2) is 0 Å². The average Bonchev–Trinajstić information content (AvgIpc) is 2.79. The molecule has 0 aromatic heterocycles. The topological polar surface area (TPSA) is 133 Å². The van der Waals surface area contributed by atoms with E-state index in [2.05, 4.69) is 30.5 Å². The van der Waals surface area contributed by atoms with Gasteiger partial charge in [0.2, 0.25) is 5.91 Å². The standard InChI is InChI=1S/C25H42N2O5S/c1-2-3-4-5-6-7-8-9-10-11-12-13-17-23(22(29)16-14-15-18-28)33-20-21(26)25(32)27-19-24(30)31/h6-7,9-13,17,21-23,28-29H,2-5,8,14-16,18-20,26H2,1H3,(H,27,32)(H,30,31)/t21?,22-,23+/m0/s1. The summed E-state index contributed by atoms with van der Waals surface area (Å²) in [7, 11) is 0. The van der Waals surface area contributed by atoms with Crippen LogP contribution in [0.2, 0.25) is 0 Å². The Kier molecular flexibility index (Phi) is 20.7. The van der Waals surface area contributed by atoms with Crippen molar-refractivity contribution in [3.05, 3.63) is 48.6 Å². The van der Waals surface area contributed by atoms with Gasteiger partial charge in [0.15, 0.2) is 0 Å². The molecule has 7 nitrogen and oxygen atoms in total. The van der Waals surface area contributed by atoms with E-state index in [1.54, 1.807) is 0 Å². The third-order valence-corrected chi connectivity index (χ3v) is 6.10. The number of carboxylic acid groups (broad SMARTS) is 1. The minimum Gasteiger partial charge on any atom is -0.480 e. The summed E-state index contributed by atoms with van der Waals surface area (Å²) >= 11 is 1.35. The molecular weight excluding hydrogens is 440 g/mol. The minimum atomic E-state index is -1.13. The zero-order valence-electron chi connectivity index (χ0n) is 19.8. The van der Waals surface area contributed by atoms with E-state index >= 15 is 0 Å². The van der Waals surface area contributed by atoms with Gasteiger partial charge in [0, 0.05) is 17.6 Å². The number of amides is 1. The predicted octanol–water partition coefficient (Wildman–Crippen LogP) is 3.34. The highest BCUT2D eigenvalue weighted by molar-refractivity contribution is 8.00. The van der Waals surface area contributed by atoms with Gasteiger partial charge >= 0.3 is 5.97 Å². The number of carboxylic acids is 1. The Bertz CT molecular complexity index is 634. The van der Waals surface area contributed by atoms with E-state index in [0.717, 1.165) is 12.8 Å². The predicted molar refractivity (Wildman–Crippen MR) is 137 cm³/mol. The highest BCUT2D eigenvalue weighted by atomic mass is 32.2. The number of carbonyl (C=O) groups excluding carboxylic acids is 1. The molecule has 33 heavy (non-hydrogen) atoms. The molecule has 1 unspecified atom stereocenters. The molecule has 0 saturated heterocycles. The van der Waals surface area contributed by atoms with E-state index in [1.807, 2.05) is 30.4 Å². The molecule has 8 heteroatoms. The van der Waals surface area contributed by atoms with Crippen LogP contribution in [-0.4, -0.2) is 63.5 Å². The first-order valence-corrected chi connectivity index (χ1v) is 12.8. The summed E-state index contributed by atoms with van der Waals surface area (Å²) < 4.78 is 0. The van der Waals surface area contributed by atoms with Crippen molar-refractivity contribution in [2.24, 2.45) is 5.73 Å². The van der Waals surface area contributed by atoms with Crippen LogP contribution in [0, 0.1) is 0 Å². The van der Waals surface area contributed by atoms with Crippen LogP contribution in [0.5, 0.6) is 0 Å². The zero-order valence-corrected chi connectivity index (χ0v) is 20.6. The molecule has 0 radical (unpaired) electrons. The van der Waals surface area contributed by atoms with E-state index < -0.39 is 30.6 Å². The number of rotatable bonds is 20. The molecule has 0 heterocycles. The van der Waals surface area contributed by atoms with Crippen LogP contribution in [0.25, 0.3) is 0 Å². The Morgan fingerprint density at radius 1 is 1.03 bits per heavy atom. The number of nitrogens with two attached hydrogens (primary N) is 1. The van der Waals surface area contributed by atoms with Crippen molar-refractivity contribution in [1.29, 1.82) is 0 Å². The van der Waals surface area contributed by atoms with Crippen LogP contribution in [0.1, 0.15) is 58.3 Å². The van der Waals surface area contributed by atoms with E-state index in [-0.39, 0.29) is 17.6 Å². The number of aliphatic hydroxyl groups is 2. The SMILES string of the molecule is CCCCCC=CCC=CC=CC=C[C@@H](SCC(N)C(=O)NCC(=O)O)[C@@H](O)CCCCO. The van der Waals surface area contributed by atoms with Crippen molar-refractivity contribution in [2.75, 3.05) is 18.9 Å². The summed E-state index contributed by atoms with van der Waals surface area (Å²) in [5.74, 6) is -1.43. The first-order valence-electron chi connectivity index (χ1n) is 11.7. The number of nitrogens with one attached hydrogen (secondary N) is 1. The maximum absolute atomic E-state index is 11.9. The van der Waals surface area contributed by atoms with Crippen LogP contribution in [-0.2, 0) is 9.59 Å². The summed E-state index contributed by atoms with van der Waals surface area (Å²) in [5, 5.41) is 30.1. The Morgan fingerprint density at radius 3 is 2.48 bits per heavy atom. The quantitative estimate of drug-likeness (QED) is 0.102. The number of carbonyl (C=O) groups is 2. The molecule has 0 spiro atoms. The number of aliphatic carboxylic acids is 1. The van der Waals surface area contributed by atoms with Gasteiger partial charge in [0.1, 0.15) is 6.54 Å². The molecule has 0 aliphatic heterocycles. The number of hydrogen-bond donors (Lipinski definition) is 5.